The minimum absolute atomic E-state index is 0.0216. The normalized spacial score (nSPS) is 14.0. The Labute approximate surface area is 487 Å². The van der Waals surface area contributed by atoms with Crippen molar-refractivity contribution in [3.8, 4) is 27.9 Å². The van der Waals surface area contributed by atoms with Gasteiger partial charge in [-0.25, -0.2) is 0 Å². The molecule has 3 nitrogen and oxygen atoms in total. The van der Waals surface area contributed by atoms with Crippen molar-refractivity contribution in [3.63, 3.8) is 0 Å². The molecule has 0 atom stereocenters. The van der Waals surface area contributed by atoms with Crippen molar-refractivity contribution in [2.75, 3.05) is 10.2 Å². The van der Waals surface area contributed by atoms with Crippen LogP contribution in [0.25, 0.3) is 80.0 Å². The fourth-order valence-corrected chi connectivity index (χ4v) is 15.6. The predicted molar refractivity (Wildman–Crippen MR) is 358 cm³/mol. The second-order valence-corrected chi connectivity index (χ2v) is 30.2. The van der Waals surface area contributed by atoms with Crippen molar-refractivity contribution in [2.45, 2.75) is 124 Å². The summed E-state index contributed by atoms with van der Waals surface area (Å²) in [5.41, 5.74) is 24.0. The third kappa shape index (κ3) is 8.32. The quantitative estimate of drug-likeness (QED) is 0.168. The molecule has 0 saturated heterocycles. The van der Waals surface area contributed by atoms with Gasteiger partial charge in [0, 0.05) is 86.0 Å². The standard InChI is InChI=1S/C75H72BN3S2/c1-71(2,3)43-19-26-47(27-20-43)77-62-40-55-51-33-32-50(78(48-28-21-44(22-29-48)72(4,5)6)49-30-23-45(24-31-49)73(7,8)9)38-60(51)75(13,14)61(55)39-56(62)53-34-35-54-57-42-66-58(52-17-15-16-18-64(52)80-66)41-63(57)79-68(54)67(53)76-70-69(79)59-37-46(74(10,11)12)25-36-65(59)81-70/h15-42,76-77H,1-14H3. The molecule has 6 heteroatoms. The number of benzene rings is 9. The summed E-state index contributed by atoms with van der Waals surface area (Å²) >= 11 is 3.89. The number of nitrogens with one attached hydrogen (secondary N) is 1. The summed E-state index contributed by atoms with van der Waals surface area (Å²) in [6, 6.07) is 66.0. The zero-order chi connectivity index (χ0) is 56.4. The fourth-order valence-electron chi connectivity index (χ4n) is 13.3. The number of hydrogen-bond acceptors (Lipinski definition) is 4. The van der Waals surface area contributed by atoms with Crippen molar-refractivity contribution in [1.29, 1.82) is 0 Å². The Morgan fingerprint density at radius 3 is 1.64 bits per heavy atom. The molecule has 0 unspecified atom stereocenters. The summed E-state index contributed by atoms with van der Waals surface area (Å²) in [6.07, 6.45) is 0. The summed E-state index contributed by atoms with van der Waals surface area (Å²) in [4.78, 5) is 2.45. The van der Waals surface area contributed by atoms with Crippen LogP contribution in [0.4, 0.5) is 28.4 Å². The van der Waals surface area contributed by atoms with Crippen molar-refractivity contribution < 1.29 is 0 Å². The average molecular weight is 1090 g/mol. The van der Waals surface area contributed by atoms with Crippen LogP contribution in [0.2, 0.25) is 0 Å². The van der Waals surface area contributed by atoms with E-state index in [0.717, 1.165) is 35.7 Å². The highest BCUT2D eigenvalue weighted by atomic mass is 32.1. The van der Waals surface area contributed by atoms with Gasteiger partial charge in [0.2, 0.25) is 7.28 Å². The monoisotopic (exact) mass is 1090 g/mol. The number of rotatable bonds is 6. The van der Waals surface area contributed by atoms with Crippen LogP contribution in [-0.4, -0.2) is 11.8 Å². The largest absolute Gasteiger partial charge is 0.355 e. The first-order valence-corrected chi connectivity index (χ1v) is 30.7. The molecule has 1 N–H and O–H groups in total. The number of nitrogens with zero attached hydrogens (tertiary/aromatic N) is 2. The molecule has 9 aromatic carbocycles. The highest BCUT2D eigenvalue weighted by Crippen LogP contribution is 2.54. The predicted octanol–water partition coefficient (Wildman–Crippen LogP) is 20.4. The second kappa shape index (κ2) is 17.8. The topological polar surface area (TPSA) is 20.2 Å². The van der Waals surface area contributed by atoms with Crippen LogP contribution in [0.5, 0.6) is 0 Å². The first-order chi connectivity index (χ1) is 38.4. The third-order valence-electron chi connectivity index (χ3n) is 18.1. The third-order valence-corrected chi connectivity index (χ3v) is 20.3. The Morgan fingerprint density at radius 2 is 1.00 bits per heavy atom. The molecule has 402 valence electrons. The van der Waals surface area contributed by atoms with E-state index in [1.165, 1.54) is 124 Å². The molecule has 14 rings (SSSR count). The lowest BCUT2D eigenvalue weighted by atomic mass is 9.63. The molecule has 0 amide bonds. The fraction of sp³-hybridized carbons (Fsp3) is 0.253. The summed E-state index contributed by atoms with van der Waals surface area (Å²) in [6.45, 7) is 32.5. The van der Waals surface area contributed by atoms with Gasteiger partial charge in [0.15, 0.2) is 0 Å². The molecule has 1 aliphatic carbocycles. The van der Waals surface area contributed by atoms with Gasteiger partial charge in [-0.05, 0) is 173 Å². The molecule has 81 heavy (non-hydrogen) atoms. The summed E-state index contributed by atoms with van der Waals surface area (Å²) in [7, 11) is 0.854. The van der Waals surface area contributed by atoms with Gasteiger partial charge in [-0.15, -0.1) is 22.7 Å². The number of anilines is 5. The maximum Gasteiger partial charge on any atom is 0.211 e. The van der Waals surface area contributed by atoms with Crippen LogP contribution < -0.4 is 20.5 Å². The molecule has 1 aliphatic heterocycles. The molecular weight excluding hydrogens is 1020 g/mol. The van der Waals surface area contributed by atoms with E-state index in [2.05, 4.69) is 282 Å². The van der Waals surface area contributed by atoms with Gasteiger partial charge in [-0.2, -0.15) is 0 Å². The molecular formula is C75H72BN3S2. The molecule has 3 aromatic heterocycles. The van der Waals surface area contributed by atoms with E-state index in [9.17, 15) is 0 Å². The van der Waals surface area contributed by atoms with Gasteiger partial charge < -0.3 is 14.8 Å². The van der Waals surface area contributed by atoms with E-state index in [1.807, 2.05) is 22.7 Å². The Bertz CT molecular complexity index is 4500. The van der Waals surface area contributed by atoms with Gasteiger partial charge in [0.1, 0.15) is 0 Å². The molecule has 0 fully saturated rings. The maximum absolute atomic E-state index is 4.08. The Hall–Kier alpha value is -7.38. The highest BCUT2D eigenvalue weighted by Gasteiger charge is 2.39. The van der Waals surface area contributed by atoms with E-state index in [-0.39, 0.29) is 27.1 Å². The zero-order valence-electron chi connectivity index (χ0n) is 49.6. The lowest BCUT2D eigenvalue weighted by Crippen LogP contribution is -2.35. The SMILES string of the molecule is CC(C)(C)c1ccc(Nc2cc3c(cc2-c2ccc4c5cc6sc7ccccc7c6cc5n5c4c2Bc2sc4ccc(C(C)(C)C)cc4c2-5)C(C)(C)c2cc(N(c4ccc(C(C)(C)C)cc4)c4ccc(C(C)(C)C)cc4)ccc2-3)cc1. The van der Waals surface area contributed by atoms with Gasteiger partial charge in [0.05, 0.1) is 11.2 Å². The second-order valence-electron chi connectivity index (χ2n) is 28.0. The summed E-state index contributed by atoms with van der Waals surface area (Å²) < 4.78 is 8.13. The number of thiophene rings is 2. The molecule has 2 aliphatic rings. The smallest absolute Gasteiger partial charge is 0.211 e. The average Bonchev–Trinajstić information content (AvgIpc) is 3.79. The van der Waals surface area contributed by atoms with Crippen molar-refractivity contribution in [1.82, 2.24) is 4.57 Å². The minimum Gasteiger partial charge on any atom is -0.355 e. The minimum atomic E-state index is -0.311. The van der Waals surface area contributed by atoms with Crippen LogP contribution in [0.1, 0.15) is 130 Å². The van der Waals surface area contributed by atoms with Crippen LogP contribution in [0, 0.1) is 0 Å². The van der Waals surface area contributed by atoms with Crippen LogP contribution in [0.3, 0.4) is 0 Å². The van der Waals surface area contributed by atoms with E-state index in [0.29, 0.717) is 0 Å². The van der Waals surface area contributed by atoms with E-state index >= 15 is 0 Å². The van der Waals surface area contributed by atoms with Gasteiger partial charge in [0.25, 0.3) is 0 Å². The Morgan fingerprint density at radius 1 is 0.432 bits per heavy atom. The molecule has 0 spiro atoms. The summed E-state index contributed by atoms with van der Waals surface area (Å²) in [5.74, 6) is 0. The molecule has 4 heterocycles. The van der Waals surface area contributed by atoms with Crippen molar-refractivity contribution in [3.05, 3.63) is 203 Å². The molecule has 0 bridgehead atoms. The van der Waals surface area contributed by atoms with Crippen LogP contribution in [-0.2, 0) is 27.1 Å². The van der Waals surface area contributed by atoms with E-state index in [1.54, 1.807) is 0 Å². The van der Waals surface area contributed by atoms with Crippen LogP contribution in [0.15, 0.2) is 170 Å². The van der Waals surface area contributed by atoms with Gasteiger partial charge in [-0.1, -0.05) is 176 Å². The van der Waals surface area contributed by atoms with E-state index < -0.39 is 0 Å². The maximum atomic E-state index is 4.08. The zero-order valence-corrected chi connectivity index (χ0v) is 51.2. The first-order valence-electron chi connectivity index (χ1n) is 29.1. The molecule has 0 radical (unpaired) electrons. The Balaban J connectivity index is 0.983. The van der Waals surface area contributed by atoms with E-state index in [4.69, 9.17) is 0 Å². The highest BCUT2D eigenvalue weighted by molar-refractivity contribution is 7.29. The number of fused-ring (bicyclic) bond motifs is 13. The Kier molecular flexibility index (Phi) is 11.4. The van der Waals surface area contributed by atoms with Crippen molar-refractivity contribution >= 4 is 121 Å². The number of aromatic nitrogens is 1. The first kappa shape index (κ1) is 51.8. The number of hydrogen-bond donors (Lipinski definition) is 1. The molecule has 12 aromatic rings. The summed E-state index contributed by atoms with van der Waals surface area (Å²) in [5, 5.41) is 10.7. The van der Waals surface area contributed by atoms with Crippen LogP contribution >= 0.6 is 22.7 Å². The molecule has 0 saturated carbocycles. The lowest BCUT2D eigenvalue weighted by molar-refractivity contribution is 0.590. The van der Waals surface area contributed by atoms with Gasteiger partial charge >= 0.3 is 0 Å². The van der Waals surface area contributed by atoms with Gasteiger partial charge in [-0.3, -0.25) is 0 Å². The lowest BCUT2D eigenvalue weighted by Gasteiger charge is -2.29. The van der Waals surface area contributed by atoms with Crippen molar-refractivity contribution in [2.24, 2.45) is 0 Å².